The Morgan fingerprint density at radius 2 is 1.05 bits per heavy atom. The molecule has 2 fully saturated rings. The number of nitrogens with two attached hydrogens (primary N) is 2. The highest BCUT2D eigenvalue weighted by atomic mass is 35.5. The largest absolute Gasteiger partial charge is 0.469 e. The van der Waals surface area contributed by atoms with Crippen LogP contribution >= 0.6 is 24.8 Å². The molecule has 0 aromatic carbocycles. The van der Waals surface area contributed by atoms with Gasteiger partial charge in [-0.15, -0.1) is 24.8 Å². The van der Waals surface area contributed by atoms with Gasteiger partial charge >= 0.3 is 11.9 Å². The molecule has 0 amide bonds. The Kier molecular flexibility index (Phi) is 11.1. The highest BCUT2D eigenvalue weighted by molar-refractivity contribution is 5.85. The van der Waals surface area contributed by atoms with E-state index < -0.39 is 0 Å². The molecule has 2 rings (SSSR count). The molecule has 0 unspecified atom stereocenters. The Bertz CT molecular complexity index is 276. The molecule has 0 heterocycles. The number of methoxy groups -OCH3 is 2. The van der Waals surface area contributed by atoms with Crippen molar-refractivity contribution in [1.29, 1.82) is 0 Å². The molecule has 0 bridgehead atoms. The van der Waals surface area contributed by atoms with Gasteiger partial charge in [0.15, 0.2) is 0 Å². The van der Waals surface area contributed by atoms with Gasteiger partial charge in [-0.1, -0.05) is 0 Å². The van der Waals surface area contributed by atoms with Crippen molar-refractivity contribution < 1.29 is 19.1 Å². The van der Waals surface area contributed by atoms with Crippen molar-refractivity contribution >= 4 is 36.8 Å². The molecular weight excluding hydrogens is 307 g/mol. The number of hydrogen-bond donors (Lipinski definition) is 2. The van der Waals surface area contributed by atoms with E-state index in [2.05, 4.69) is 9.47 Å². The van der Waals surface area contributed by atoms with Crippen LogP contribution in [0.4, 0.5) is 0 Å². The molecule has 8 heteroatoms. The second kappa shape index (κ2) is 10.2. The Labute approximate surface area is 131 Å². The van der Waals surface area contributed by atoms with Crippen LogP contribution in [-0.4, -0.2) is 38.2 Å². The predicted molar refractivity (Wildman–Crippen MR) is 79.9 cm³/mol. The van der Waals surface area contributed by atoms with Crippen LogP contribution in [0, 0.1) is 11.8 Å². The van der Waals surface area contributed by atoms with Gasteiger partial charge in [0.05, 0.1) is 26.1 Å². The van der Waals surface area contributed by atoms with E-state index in [1.807, 2.05) is 0 Å². The van der Waals surface area contributed by atoms with Crippen LogP contribution in [-0.2, 0) is 19.1 Å². The summed E-state index contributed by atoms with van der Waals surface area (Å²) in [6.07, 6.45) is 3.19. The number of ether oxygens (including phenoxy) is 2. The number of hydrogen-bond acceptors (Lipinski definition) is 6. The molecule has 120 valence electrons. The number of rotatable bonds is 2. The summed E-state index contributed by atoms with van der Waals surface area (Å²) < 4.78 is 9.02. The fourth-order valence-corrected chi connectivity index (χ4v) is 2.04. The first-order valence-electron chi connectivity index (χ1n) is 6.14. The van der Waals surface area contributed by atoms with Gasteiger partial charge < -0.3 is 20.9 Å². The molecule has 2 saturated carbocycles. The third-order valence-electron chi connectivity index (χ3n) is 3.42. The average Bonchev–Trinajstić information content (AvgIpc) is 2.30. The standard InChI is InChI=1S/2C6H11NO2.2ClH/c2*1-9-6(8)4-2-5(7)3-4;;/h2*4-5H,2-3,7H2,1H3;2*1H. The topological polar surface area (TPSA) is 105 Å². The minimum atomic E-state index is -0.114. The summed E-state index contributed by atoms with van der Waals surface area (Å²) in [7, 11) is 2.82. The molecule has 0 atom stereocenters. The first-order chi connectivity index (χ1) is 8.47. The van der Waals surface area contributed by atoms with E-state index in [1.54, 1.807) is 0 Å². The zero-order valence-electron chi connectivity index (χ0n) is 11.7. The normalized spacial score (nSPS) is 29.8. The minimum absolute atomic E-state index is 0. The van der Waals surface area contributed by atoms with Crippen molar-refractivity contribution in [3.05, 3.63) is 0 Å². The SMILES string of the molecule is COC(=O)C1CC(N)C1.COC(=O)C1CC(N)C1.Cl.Cl. The molecule has 20 heavy (non-hydrogen) atoms. The second-order valence-electron chi connectivity index (χ2n) is 4.90. The van der Waals surface area contributed by atoms with Crippen LogP contribution in [0.3, 0.4) is 0 Å². The summed E-state index contributed by atoms with van der Waals surface area (Å²) in [6.45, 7) is 0. The van der Waals surface area contributed by atoms with E-state index in [9.17, 15) is 9.59 Å². The summed E-state index contributed by atoms with van der Waals surface area (Å²) in [6, 6.07) is 0.461. The van der Waals surface area contributed by atoms with Crippen LogP contribution in [0.1, 0.15) is 25.7 Å². The Morgan fingerprint density at radius 3 is 1.20 bits per heavy atom. The second-order valence-corrected chi connectivity index (χ2v) is 4.90. The zero-order chi connectivity index (χ0) is 13.7. The van der Waals surface area contributed by atoms with Crippen molar-refractivity contribution in [2.75, 3.05) is 14.2 Å². The zero-order valence-corrected chi connectivity index (χ0v) is 13.4. The maximum absolute atomic E-state index is 10.7. The number of carbonyl (C=O) groups is 2. The lowest BCUT2D eigenvalue weighted by Crippen LogP contribution is -2.40. The van der Waals surface area contributed by atoms with Crippen molar-refractivity contribution in [2.45, 2.75) is 37.8 Å². The number of esters is 2. The van der Waals surface area contributed by atoms with Crippen molar-refractivity contribution in [1.82, 2.24) is 0 Å². The Balaban J connectivity index is 0. The van der Waals surface area contributed by atoms with Crippen molar-refractivity contribution in [3.8, 4) is 0 Å². The Morgan fingerprint density at radius 1 is 0.800 bits per heavy atom. The molecule has 6 nitrogen and oxygen atoms in total. The van der Waals surface area contributed by atoms with E-state index in [1.165, 1.54) is 14.2 Å². The summed E-state index contributed by atoms with van der Waals surface area (Å²) in [5.41, 5.74) is 10.9. The summed E-state index contributed by atoms with van der Waals surface area (Å²) in [4.78, 5) is 21.3. The molecule has 2 aliphatic rings. The fraction of sp³-hybridized carbons (Fsp3) is 0.833. The maximum Gasteiger partial charge on any atom is 0.308 e. The van der Waals surface area contributed by atoms with Gasteiger partial charge in [0.25, 0.3) is 0 Å². The number of carbonyl (C=O) groups excluding carboxylic acids is 2. The fourth-order valence-electron chi connectivity index (χ4n) is 2.04. The lowest BCUT2D eigenvalue weighted by molar-refractivity contribution is -0.149. The van der Waals surface area contributed by atoms with Gasteiger partial charge in [0, 0.05) is 12.1 Å². The molecule has 0 radical (unpaired) electrons. The molecule has 2 aliphatic carbocycles. The molecule has 0 aliphatic heterocycles. The first-order valence-corrected chi connectivity index (χ1v) is 6.14. The van der Waals surface area contributed by atoms with Crippen LogP contribution in [0.2, 0.25) is 0 Å². The third kappa shape index (κ3) is 6.26. The van der Waals surface area contributed by atoms with Crippen LogP contribution in [0.15, 0.2) is 0 Å². The van der Waals surface area contributed by atoms with Crippen molar-refractivity contribution in [2.24, 2.45) is 23.3 Å². The van der Waals surface area contributed by atoms with E-state index in [0.717, 1.165) is 25.7 Å². The van der Waals surface area contributed by atoms with Crippen LogP contribution in [0.5, 0.6) is 0 Å². The third-order valence-corrected chi connectivity index (χ3v) is 3.42. The minimum Gasteiger partial charge on any atom is -0.469 e. The highest BCUT2D eigenvalue weighted by Gasteiger charge is 2.33. The maximum atomic E-state index is 10.7. The monoisotopic (exact) mass is 330 g/mol. The summed E-state index contributed by atoms with van der Waals surface area (Å²) >= 11 is 0. The Hall–Kier alpha value is -0.560. The van der Waals surface area contributed by atoms with Gasteiger partial charge in [-0.3, -0.25) is 9.59 Å². The summed E-state index contributed by atoms with van der Waals surface area (Å²) in [5.74, 6) is -0.0524. The smallest absolute Gasteiger partial charge is 0.308 e. The van der Waals surface area contributed by atoms with Gasteiger partial charge in [-0.05, 0) is 25.7 Å². The van der Waals surface area contributed by atoms with Gasteiger partial charge in [-0.25, -0.2) is 0 Å². The molecular formula is C12H24Cl2N2O4. The first kappa shape index (κ1) is 21.7. The quantitative estimate of drug-likeness (QED) is 0.720. The van der Waals surface area contributed by atoms with E-state index in [0.29, 0.717) is 0 Å². The van der Waals surface area contributed by atoms with Crippen molar-refractivity contribution in [3.63, 3.8) is 0 Å². The summed E-state index contributed by atoms with van der Waals surface area (Å²) in [5, 5.41) is 0. The molecule has 4 N–H and O–H groups in total. The molecule has 0 aromatic heterocycles. The van der Waals surface area contributed by atoms with Gasteiger partial charge in [0.2, 0.25) is 0 Å². The van der Waals surface area contributed by atoms with Crippen LogP contribution in [0.25, 0.3) is 0 Å². The van der Waals surface area contributed by atoms with Gasteiger partial charge in [0.1, 0.15) is 0 Å². The van der Waals surface area contributed by atoms with E-state index in [-0.39, 0.29) is 60.7 Å². The van der Waals surface area contributed by atoms with Crippen LogP contribution < -0.4 is 11.5 Å². The molecule has 0 spiro atoms. The lowest BCUT2D eigenvalue weighted by Gasteiger charge is -2.29. The predicted octanol–water partition coefficient (Wildman–Crippen LogP) is 0.637. The van der Waals surface area contributed by atoms with E-state index >= 15 is 0 Å². The van der Waals surface area contributed by atoms with Gasteiger partial charge in [-0.2, -0.15) is 0 Å². The molecule has 0 aromatic rings. The number of halogens is 2. The highest BCUT2D eigenvalue weighted by Crippen LogP contribution is 2.26. The molecule has 0 saturated heterocycles. The lowest BCUT2D eigenvalue weighted by atomic mass is 9.81. The van der Waals surface area contributed by atoms with E-state index in [4.69, 9.17) is 11.5 Å². The average molecular weight is 331 g/mol.